The maximum absolute atomic E-state index is 13.7. The fourth-order valence-corrected chi connectivity index (χ4v) is 5.23. The number of benzene rings is 1. The van der Waals surface area contributed by atoms with Crippen molar-refractivity contribution in [1.82, 2.24) is 25.1 Å². The molecule has 38 heavy (non-hydrogen) atoms. The maximum atomic E-state index is 13.7. The van der Waals surface area contributed by atoms with Gasteiger partial charge in [0, 0.05) is 38.9 Å². The number of nitrogens with one attached hydrogen (secondary N) is 2. The first kappa shape index (κ1) is 26.3. The van der Waals surface area contributed by atoms with E-state index in [2.05, 4.69) is 20.5 Å². The van der Waals surface area contributed by atoms with Crippen molar-refractivity contribution in [2.45, 2.75) is 25.8 Å². The number of piperidine rings is 1. The van der Waals surface area contributed by atoms with Crippen LogP contribution in [0.5, 0.6) is 5.75 Å². The summed E-state index contributed by atoms with van der Waals surface area (Å²) in [7, 11) is 0. The van der Waals surface area contributed by atoms with Crippen molar-refractivity contribution < 1.29 is 19.0 Å². The fraction of sp³-hybridized carbons (Fsp3) is 0.464. The van der Waals surface area contributed by atoms with Gasteiger partial charge >= 0.3 is 0 Å². The zero-order valence-electron chi connectivity index (χ0n) is 21.4. The van der Waals surface area contributed by atoms with E-state index in [9.17, 15) is 19.1 Å². The Kier molecular flexibility index (Phi) is 8.31. The molecule has 0 aliphatic carbocycles. The van der Waals surface area contributed by atoms with Crippen molar-refractivity contribution in [1.29, 1.82) is 0 Å². The molecule has 202 valence electrons. The molecule has 2 aromatic heterocycles. The number of aromatic nitrogens is 2. The van der Waals surface area contributed by atoms with Crippen LogP contribution in [0, 0.1) is 11.7 Å². The number of hydrogen-bond donors (Lipinski definition) is 3. The molecule has 5 rings (SSSR count). The number of halogens is 1. The summed E-state index contributed by atoms with van der Waals surface area (Å²) in [5, 5.41) is 17.2. The molecule has 0 atom stereocenters. The SMILES string of the molecule is O=C(NCCN1CCOCC1)c1c(O)c2ncc(Cc3ccc(F)cc3)cc2n(CC2CCNCC2)c1=O. The Morgan fingerprint density at radius 2 is 1.89 bits per heavy atom. The lowest BCUT2D eigenvalue weighted by molar-refractivity contribution is 0.0383. The second-order valence-electron chi connectivity index (χ2n) is 10.1. The second-order valence-corrected chi connectivity index (χ2v) is 10.1. The summed E-state index contributed by atoms with van der Waals surface area (Å²) in [6.07, 6.45) is 3.96. The van der Waals surface area contributed by atoms with Crippen LogP contribution in [0.3, 0.4) is 0 Å². The van der Waals surface area contributed by atoms with Gasteiger partial charge in [-0.25, -0.2) is 4.39 Å². The molecule has 2 aliphatic heterocycles. The van der Waals surface area contributed by atoms with E-state index in [0.29, 0.717) is 44.8 Å². The van der Waals surface area contributed by atoms with Gasteiger partial charge in [-0.05, 0) is 67.6 Å². The van der Waals surface area contributed by atoms with Crippen LogP contribution in [-0.4, -0.2) is 77.9 Å². The second kappa shape index (κ2) is 12.0. The first-order valence-electron chi connectivity index (χ1n) is 13.3. The average Bonchev–Trinajstić information content (AvgIpc) is 2.93. The normalized spacial score (nSPS) is 17.1. The van der Waals surface area contributed by atoms with E-state index in [0.717, 1.165) is 50.1 Å². The van der Waals surface area contributed by atoms with Crippen molar-refractivity contribution in [3.8, 4) is 5.75 Å². The Hall–Kier alpha value is -3.34. The number of carbonyl (C=O) groups is 1. The number of amides is 1. The lowest BCUT2D eigenvalue weighted by Crippen LogP contribution is -2.42. The summed E-state index contributed by atoms with van der Waals surface area (Å²) < 4.78 is 20.3. The molecule has 3 aromatic rings. The van der Waals surface area contributed by atoms with Gasteiger partial charge in [-0.1, -0.05) is 12.1 Å². The van der Waals surface area contributed by atoms with Gasteiger partial charge in [-0.2, -0.15) is 0 Å². The topological polar surface area (TPSA) is 109 Å². The van der Waals surface area contributed by atoms with Gasteiger partial charge in [0.05, 0.1) is 18.7 Å². The molecule has 0 radical (unpaired) electrons. The van der Waals surface area contributed by atoms with Crippen LogP contribution >= 0.6 is 0 Å². The van der Waals surface area contributed by atoms with E-state index < -0.39 is 17.2 Å². The van der Waals surface area contributed by atoms with E-state index in [1.165, 1.54) is 12.1 Å². The molecule has 0 spiro atoms. The number of ether oxygens (including phenoxy) is 1. The van der Waals surface area contributed by atoms with E-state index >= 15 is 0 Å². The molecule has 0 saturated carbocycles. The molecule has 4 heterocycles. The summed E-state index contributed by atoms with van der Waals surface area (Å²) in [6.45, 7) is 6.09. The monoisotopic (exact) mass is 523 g/mol. The zero-order chi connectivity index (χ0) is 26.5. The largest absolute Gasteiger partial charge is 0.505 e. The standard InChI is InChI=1S/C28H34FN5O4/c29-22-3-1-19(2-4-22)15-21-16-23-25(32-17-21)26(35)24(27(36)31-9-10-33-11-13-38-14-12-33)28(37)34(23)18-20-5-7-30-8-6-20/h1-4,16-17,20,30,35H,5-15,18H2,(H,31,36). The molecule has 1 aromatic carbocycles. The predicted octanol–water partition coefficient (Wildman–Crippen LogP) is 1.89. The minimum absolute atomic E-state index is 0.222. The minimum atomic E-state index is -0.598. The highest BCUT2D eigenvalue weighted by molar-refractivity contribution is 6.01. The van der Waals surface area contributed by atoms with Gasteiger partial charge in [-0.15, -0.1) is 0 Å². The number of carbonyl (C=O) groups excluding carboxylic acids is 1. The number of hydrogen-bond acceptors (Lipinski definition) is 7. The molecular formula is C28H34FN5O4. The third-order valence-corrected chi connectivity index (χ3v) is 7.40. The summed E-state index contributed by atoms with van der Waals surface area (Å²) in [5.41, 5.74) is 1.66. The van der Waals surface area contributed by atoms with Crippen molar-refractivity contribution in [2.24, 2.45) is 5.92 Å². The number of rotatable bonds is 8. The van der Waals surface area contributed by atoms with Crippen LogP contribution in [0.25, 0.3) is 11.0 Å². The van der Waals surface area contributed by atoms with Gasteiger partial charge in [-0.3, -0.25) is 19.5 Å². The first-order valence-corrected chi connectivity index (χ1v) is 13.3. The highest BCUT2D eigenvalue weighted by Crippen LogP contribution is 2.27. The number of aromatic hydroxyl groups is 1. The highest BCUT2D eigenvalue weighted by Gasteiger charge is 2.25. The molecule has 3 N–H and O–H groups in total. The fourth-order valence-electron chi connectivity index (χ4n) is 5.23. The van der Waals surface area contributed by atoms with Gasteiger partial charge < -0.3 is 25.0 Å². The Morgan fingerprint density at radius 1 is 1.16 bits per heavy atom. The molecule has 2 saturated heterocycles. The van der Waals surface area contributed by atoms with Crippen molar-refractivity contribution in [2.75, 3.05) is 52.5 Å². The number of morpholine rings is 1. The Labute approximate surface area is 220 Å². The van der Waals surface area contributed by atoms with Gasteiger partial charge in [0.25, 0.3) is 11.5 Å². The minimum Gasteiger partial charge on any atom is -0.505 e. The third-order valence-electron chi connectivity index (χ3n) is 7.40. The smallest absolute Gasteiger partial charge is 0.267 e. The number of fused-ring (bicyclic) bond motifs is 1. The third kappa shape index (κ3) is 6.03. The van der Waals surface area contributed by atoms with E-state index in [1.54, 1.807) is 22.9 Å². The van der Waals surface area contributed by atoms with Crippen LogP contribution in [0.2, 0.25) is 0 Å². The number of pyridine rings is 2. The molecular weight excluding hydrogens is 489 g/mol. The molecule has 9 nitrogen and oxygen atoms in total. The molecule has 0 unspecified atom stereocenters. The van der Waals surface area contributed by atoms with E-state index in [4.69, 9.17) is 4.74 Å². The maximum Gasteiger partial charge on any atom is 0.267 e. The summed E-state index contributed by atoms with van der Waals surface area (Å²) in [4.78, 5) is 33.5. The van der Waals surface area contributed by atoms with Gasteiger partial charge in [0.1, 0.15) is 16.9 Å². The van der Waals surface area contributed by atoms with Crippen LogP contribution in [0.15, 0.2) is 41.3 Å². The molecule has 10 heteroatoms. The van der Waals surface area contributed by atoms with E-state index in [-0.39, 0.29) is 22.8 Å². The van der Waals surface area contributed by atoms with Crippen LogP contribution in [0.1, 0.15) is 34.3 Å². The molecule has 0 bridgehead atoms. The van der Waals surface area contributed by atoms with Crippen LogP contribution in [0.4, 0.5) is 4.39 Å². The van der Waals surface area contributed by atoms with Crippen LogP contribution in [-0.2, 0) is 17.7 Å². The van der Waals surface area contributed by atoms with Crippen LogP contribution < -0.4 is 16.2 Å². The van der Waals surface area contributed by atoms with E-state index in [1.807, 2.05) is 6.07 Å². The zero-order valence-corrected chi connectivity index (χ0v) is 21.4. The predicted molar refractivity (Wildman–Crippen MR) is 142 cm³/mol. The van der Waals surface area contributed by atoms with Gasteiger partial charge in [0.2, 0.25) is 0 Å². The lowest BCUT2D eigenvalue weighted by atomic mass is 9.97. The lowest BCUT2D eigenvalue weighted by Gasteiger charge is -2.26. The summed E-state index contributed by atoms with van der Waals surface area (Å²) >= 11 is 0. The number of nitrogens with zero attached hydrogens (tertiary/aromatic N) is 3. The Morgan fingerprint density at radius 3 is 2.63 bits per heavy atom. The van der Waals surface area contributed by atoms with Gasteiger partial charge in [0.15, 0.2) is 5.75 Å². The first-order chi connectivity index (χ1) is 18.5. The van der Waals surface area contributed by atoms with Crippen molar-refractivity contribution in [3.63, 3.8) is 0 Å². The molecule has 2 fully saturated rings. The van der Waals surface area contributed by atoms with Crippen molar-refractivity contribution >= 4 is 16.9 Å². The summed E-state index contributed by atoms with van der Waals surface area (Å²) in [5.74, 6) is -1.04. The molecule has 2 aliphatic rings. The molecule has 1 amide bonds. The average molecular weight is 524 g/mol. The summed E-state index contributed by atoms with van der Waals surface area (Å²) in [6, 6.07) is 8.08. The quantitative estimate of drug-likeness (QED) is 0.414. The van der Waals surface area contributed by atoms with Crippen molar-refractivity contribution in [3.05, 3.63) is 69.4 Å². The Bertz CT molecular complexity index is 1330. The highest BCUT2D eigenvalue weighted by atomic mass is 19.1. The Balaban J connectivity index is 1.46.